The number of carbonyl (C=O) groups excluding carboxylic acids is 1. The van der Waals surface area contributed by atoms with Crippen molar-refractivity contribution in [2.24, 2.45) is 39.4 Å². The van der Waals surface area contributed by atoms with Crippen LogP contribution in [0.5, 0.6) is 0 Å². The smallest absolute Gasteiger partial charge is 0.302 e. The van der Waals surface area contributed by atoms with Gasteiger partial charge in [-0.2, -0.15) is 0 Å². The minimum atomic E-state index is -1.87. The molecule has 7 fully saturated rings. The van der Waals surface area contributed by atoms with Gasteiger partial charge in [0.1, 0.15) is 85.5 Å². The van der Waals surface area contributed by atoms with E-state index in [1.54, 1.807) is 0 Å². The first-order valence-electron chi connectivity index (χ1n) is 27.7. The van der Waals surface area contributed by atoms with Crippen LogP contribution in [0, 0.1) is 39.4 Å². The SMILES string of the molecule is COC1C(O)COC(OC2C(O)C(CO)OC(OC3C(C)OC(OC4C(OC5CCC6(C)C7CCC8(CO)C(C(C)(O)CCC=C(C)C)C(OC(C)=O)CC8(C)C7=CCC6C5(C)C)OCC(O)C4O)C(O)C3O)C2O)C1O. The Morgan fingerprint density at radius 3 is 2.04 bits per heavy atom. The molecule has 0 radical (unpaired) electrons. The fraction of sp³-hybridized carbons (Fsp3) is 0.909. The number of ether oxygens (including phenoxy) is 10. The number of rotatable bonds is 16. The second-order valence-corrected chi connectivity index (χ2v) is 25.1. The highest BCUT2D eigenvalue weighted by Crippen LogP contribution is 2.74. The molecule has 0 aromatic carbocycles. The number of hydrogen-bond acceptors (Lipinski definition) is 22. The molecule has 11 N–H and O–H groups in total. The van der Waals surface area contributed by atoms with Gasteiger partial charge in [0.2, 0.25) is 0 Å². The molecule has 8 rings (SSSR count). The van der Waals surface area contributed by atoms with E-state index in [1.807, 2.05) is 20.8 Å². The van der Waals surface area contributed by atoms with Gasteiger partial charge >= 0.3 is 5.97 Å². The van der Waals surface area contributed by atoms with Crippen molar-refractivity contribution in [1.82, 2.24) is 0 Å². The molecule has 27 atom stereocenters. The van der Waals surface area contributed by atoms with E-state index in [1.165, 1.54) is 26.5 Å². The Hall–Kier alpha value is -1.85. The van der Waals surface area contributed by atoms with Crippen molar-refractivity contribution >= 4 is 5.97 Å². The van der Waals surface area contributed by atoms with Gasteiger partial charge in [0.25, 0.3) is 0 Å². The van der Waals surface area contributed by atoms with Gasteiger partial charge in [-0.05, 0) is 102 Å². The second-order valence-electron chi connectivity index (χ2n) is 25.1. The van der Waals surface area contributed by atoms with E-state index in [4.69, 9.17) is 47.4 Å². The Kier molecular flexibility index (Phi) is 18.6. The molecule has 4 aliphatic carbocycles. The summed E-state index contributed by atoms with van der Waals surface area (Å²) in [5.41, 5.74) is -0.949. The summed E-state index contributed by atoms with van der Waals surface area (Å²) in [4.78, 5) is 12.7. The number of methoxy groups -OCH3 is 1. The van der Waals surface area contributed by atoms with Crippen LogP contribution >= 0.6 is 0 Å². The van der Waals surface area contributed by atoms with Crippen LogP contribution in [0.15, 0.2) is 23.3 Å². The van der Waals surface area contributed by atoms with Crippen molar-refractivity contribution in [1.29, 1.82) is 0 Å². The third-order valence-corrected chi connectivity index (χ3v) is 19.8. The molecule has 0 amide bonds. The Morgan fingerprint density at radius 2 is 1.39 bits per heavy atom. The first kappa shape index (κ1) is 61.2. The van der Waals surface area contributed by atoms with Crippen LogP contribution in [0.2, 0.25) is 0 Å². The molecule has 8 aliphatic rings. The Morgan fingerprint density at radius 1 is 0.753 bits per heavy atom. The standard InChI is InChI=1S/C55H90O22/c1-25(2)12-11-17-54(9,67)46-32(72-27(4)58)20-53(8)29-13-14-34-51(5,6)35(16-18-52(34,7)28(29)15-19-55(46,53)24-57)74-50-45(36(61)30(59)22-70-50)77-48-39(64)38(63)42(26(3)71-48)75-49-41(66)44(37(62)33(21-56)73-49)76-47-40(65)43(68-10)31(60)23-69-47/h12-13,26,28,30-50,56-57,59-67H,11,14-24H2,1-10H3. The summed E-state index contributed by atoms with van der Waals surface area (Å²) in [5.74, 6) is -0.744. The number of fused-ring (bicyclic) bond motifs is 5. The fourth-order valence-corrected chi connectivity index (χ4v) is 15.7. The molecule has 22 heteroatoms. The van der Waals surface area contributed by atoms with Gasteiger partial charge < -0.3 is 104 Å². The van der Waals surface area contributed by atoms with E-state index in [0.717, 1.165) is 18.4 Å². The van der Waals surface area contributed by atoms with Crippen molar-refractivity contribution < 1.29 is 108 Å². The molecule has 0 bridgehead atoms. The summed E-state index contributed by atoms with van der Waals surface area (Å²) in [7, 11) is 1.27. The largest absolute Gasteiger partial charge is 0.462 e. The number of allylic oxidation sites excluding steroid dienone is 4. The topological polar surface area (TPSA) is 332 Å². The van der Waals surface area contributed by atoms with Gasteiger partial charge in [-0.3, -0.25) is 4.79 Å². The number of carbonyl (C=O) groups is 1. The summed E-state index contributed by atoms with van der Waals surface area (Å²) in [6, 6.07) is 0. The van der Waals surface area contributed by atoms with E-state index in [9.17, 15) is 61.0 Å². The first-order valence-corrected chi connectivity index (χ1v) is 27.7. The average Bonchev–Trinajstić information content (AvgIpc) is 3.93. The molecule has 4 aliphatic heterocycles. The molecule has 4 heterocycles. The van der Waals surface area contributed by atoms with Crippen LogP contribution in [0.1, 0.15) is 114 Å². The minimum absolute atomic E-state index is 0.0740. The van der Waals surface area contributed by atoms with Crippen molar-refractivity contribution in [2.45, 2.75) is 242 Å². The highest BCUT2D eigenvalue weighted by Gasteiger charge is 2.72. The van der Waals surface area contributed by atoms with Crippen LogP contribution in [-0.4, -0.2) is 224 Å². The molecule has 3 saturated carbocycles. The van der Waals surface area contributed by atoms with Crippen molar-refractivity contribution in [3.05, 3.63) is 23.3 Å². The zero-order valence-electron chi connectivity index (χ0n) is 46.3. The van der Waals surface area contributed by atoms with Gasteiger partial charge in [-0.15, -0.1) is 0 Å². The maximum atomic E-state index is 12.7. The van der Waals surface area contributed by atoms with Crippen LogP contribution in [-0.2, 0) is 52.2 Å². The first-order chi connectivity index (χ1) is 36.1. The maximum absolute atomic E-state index is 12.7. The van der Waals surface area contributed by atoms with E-state index >= 15 is 0 Å². The Bertz CT molecular complexity index is 2090. The van der Waals surface area contributed by atoms with Gasteiger partial charge in [-0.1, -0.05) is 51.0 Å². The molecular weight excluding hydrogens is 1010 g/mol. The lowest BCUT2D eigenvalue weighted by atomic mass is 9.40. The quantitative estimate of drug-likeness (QED) is 0.0728. The highest BCUT2D eigenvalue weighted by atomic mass is 16.8. The Balaban J connectivity index is 0.961. The molecule has 0 spiro atoms. The summed E-state index contributed by atoms with van der Waals surface area (Å²) in [6.45, 7) is 16.1. The molecule has 0 aromatic rings. The van der Waals surface area contributed by atoms with Crippen LogP contribution in [0.4, 0.5) is 0 Å². The summed E-state index contributed by atoms with van der Waals surface area (Å²) >= 11 is 0. The Labute approximate surface area is 451 Å². The zero-order valence-corrected chi connectivity index (χ0v) is 46.3. The number of esters is 1. The predicted octanol–water partition coefficient (Wildman–Crippen LogP) is 0.221. The van der Waals surface area contributed by atoms with Crippen LogP contribution < -0.4 is 0 Å². The lowest BCUT2D eigenvalue weighted by molar-refractivity contribution is -0.387. The number of aliphatic hydroxyl groups excluding tert-OH is 10. The van der Waals surface area contributed by atoms with E-state index in [2.05, 4.69) is 39.8 Å². The van der Waals surface area contributed by atoms with Crippen molar-refractivity contribution in [2.75, 3.05) is 33.5 Å². The normalized spacial score (nSPS) is 49.6. The lowest BCUT2D eigenvalue weighted by Gasteiger charge is -2.65. The highest BCUT2D eigenvalue weighted by molar-refractivity contribution is 5.66. The molecule has 22 nitrogen and oxygen atoms in total. The van der Waals surface area contributed by atoms with Crippen LogP contribution in [0.25, 0.3) is 0 Å². The molecule has 77 heavy (non-hydrogen) atoms. The monoisotopic (exact) mass is 1100 g/mol. The van der Waals surface area contributed by atoms with Crippen molar-refractivity contribution in [3.8, 4) is 0 Å². The number of aliphatic hydroxyl groups is 11. The second kappa shape index (κ2) is 23.4. The molecule has 27 unspecified atom stereocenters. The van der Waals surface area contributed by atoms with Gasteiger partial charge in [0.05, 0.1) is 44.2 Å². The summed E-state index contributed by atoms with van der Waals surface area (Å²) in [5, 5.41) is 123. The van der Waals surface area contributed by atoms with E-state index in [-0.39, 0.29) is 37.1 Å². The summed E-state index contributed by atoms with van der Waals surface area (Å²) in [6.07, 6.45) is -18.9. The lowest BCUT2D eigenvalue weighted by Crippen LogP contribution is -2.66. The minimum Gasteiger partial charge on any atom is -0.462 e. The van der Waals surface area contributed by atoms with E-state index < -0.39 is 163 Å². The zero-order chi connectivity index (χ0) is 56.5. The van der Waals surface area contributed by atoms with Crippen LogP contribution in [0.3, 0.4) is 0 Å². The predicted molar refractivity (Wildman–Crippen MR) is 269 cm³/mol. The molecule has 0 aromatic heterocycles. The fourth-order valence-electron chi connectivity index (χ4n) is 15.7. The van der Waals surface area contributed by atoms with Crippen molar-refractivity contribution in [3.63, 3.8) is 0 Å². The number of hydrogen-bond donors (Lipinski definition) is 11. The summed E-state index contributed by atoms with van der Waals surface area (Å²) < 4.78 is 59.4. The van der Waals surface area contributed by atoms with Gasteiger partial charge in [-0.25, -0.2) is 0 Å². The maximum Gasteiger partial charge on any atom is 0.302 e. The molecule has 442 valence electrons. The third kappa shape index (κ3) is 11.0. The van der Waals surface area contributed by atoms with E-state index in [0.29, 0.717) is 38.5 Å². The van der Waals surface area contributed by atoms with Gasteiger partial charge in [0.15, 0.2) is 25.2 Å². The molecule has 4 saturated heterocycles. The van der Waals surface area contributed by atoms with Gasteiger partial charge in [0, 0.05) is 30.8 Å². The molecular formula is C55H90O22. The third-order valence-electron chi connectivity index (χ3n) is 19.8. The average molecular weight is 1100 g/mol.